The first-order valence-corrected chi connectivity index (χ1v) is 15.4. The van der Waals surface area contributed by atoms with Crippen molar-refractivity contribution in [3.63, 3.8) is 0 Å². The zero-order valence-corrected chi connectivity index (χ0v) is 25.1. The van der Waals surface area contributed by atoms with Crippen molar-refractivity contribution in [2.24, 2.45) is 0 Å². The molecule has 0 spiro atoms. The minimum Gasteiger partial charge on any atom is -0.352 e. The van der Waals surface area contributed by atoms with Crippen molar-refractivity contribution >= 4 is 27.5 Å². The molecule has 40 heavy (non-hydrogen) atoms. The fraction of sp³-hybridized carbons (Fsp3) is 0.375. The second-order valence-electron chi connectivity index (χ2n) is 11.4. The van der Waals surface area contributed by atoms with Crippen LogP contribution in [0.15, 0.2) is 84.9 Å². The molecule has 0 bridgehead atoms. The highest BCUT2D eigenvalue weighted by Gasteiger charge is 2.33. The molecular formula is C32H41N3O4S. The van der Waals surface area contributed by atoms with E-state index in [0.717, 1.165) is 27.3 Å². The summed E-state index contributed by atoms with van der Waals surface area (Å²) in [5.41, 5.74) is 3.08. The van der Waals surface area contributed by atoms with Gasteiger partial charge in [0.05, 0.1) is 11.9 Å². The van der Waals surface area contributed by atoms with Crippen molar-refractivity contribution in [3.8, 4) is 0 Å². The van der Waals surface area contributed by atoms with Gasteiger partial charge in [-0.2, -0.15) is 0 Å². The summed E-state index contributed by atoms with van der Waals surface area (Å²) < 4.78 is 27.0. The smallest absolute Gasteiger partial charge is 0.244 e. The zero-order chi connectivity index (χ0) is 29.5. The second-order valence-corrected chi connectivity index (χ2v) is 13.3. The molecule has 7 nitrogen and oxygen atoms in total. The number of sulfonamides is 1. The van der Waals surface area contributed by atoms with Crippen molar-refractivity contribution in [2.45, 2.75) is 65.1 Å². The third-order valence-corrected chi connectivity index (χ3v) is 7.74. The largest absolute Gasteiger partial charge is 0.352 e. The minimum atomic E-state index is -3.81. The summed E-state index contributed by atoms with van der Waals surface area (Å²) in [5.74, 6) is -0.752. The highest BCUT2D eigenvalue weighted by atomic mass is 32.2. The first-order chi connectivity index (χ1) is 18.8. The second kappa shape index (κ2) is 13.1. The van der Waals surface area contributed by atoms with Gasteiger partial charge in [-0.3, -0.25) is 13.9 Å². The SMILES string of the molecule is CC(C)NC(=O)[C@H](Cc1ccccc1)N(Cc1ccccc1)C(=O)CN(c1ccc(C(C)(C)C)cc1)S(C)(=O)=O. The van der Waals surface area contributed by atoms with Gasteiger partial charge in [-0.25, -0.2) is 8.42 Å². The van der Waals surface area contributed by atoms with Gasteiger partial charge in [0.25, 0.3) is 0 Å². The molecule has 1 atom stereocenters. The van der Waals surface area contributed by atoms with E-state index in [1.165, 1.54) is 4.90 Å². The Kier molecular flexibility index (Phi) is 10.1. The highest BCUT2D eigenvalue weighted by molar-refractivity contribution is 7.92. The van der Waals surface area contributed by atoms with E-state index in [0.29, 0.717) is 5.69 Å². The number of carbonyl (C=O) groups is 2. The Morgan fingerprint density at radius 2 is 1.35 bits per heavy atom. The van der Waals surface area contributed by atoms with Crippen LogP contribution in [0.5, 0.6) is 0 Å². The molecule has 3 aromatic rings. The van der Waals surface area contributed by atoms with Crippen LogP contribution in [0.2, 0.25) is 0 Å². The van der Waals surface area contributed by atoms with Gasteiger partial charge in [-0.15, -0.1) is 0 Å². The maximum atomic E-state index is 14.1. The third kappa shape index (κ3) is 8.68. The monoisotopic (exact) mass is 563 g/mol. The fourth-order valence-corrected chi connectivity index (χ4v) is 5.31. The third-order valence-electron chi connectivity index (χ3n) is 6.60. The topological polar surface area (TPSA) is 86.8 Å². The standard InChI is InChI=1S/C32H41N3O4S/c1-24(2)33-31(37)29(21-25-13-9-7-10-14-25)34(22-26-15-11-8-12-16-26)30(36)23-35(40(6,38)39)28-19-17-27(18-20-28)32(3,4)5/h7-20,24,29H,21-23H2,1-6H3,(H,33,37)/t29-/m0/s1. The molecule has 0 radical (unpaired) electrons. The van der Waals surface area contributed by atoms with E-state index >= 15 is 0 Å². The molecule has 0 aliphatic carbocycles. The Labute approximate surface area is 239 Å². The molecule has 2 amide bonds. The number of benzene rings is 3. The molecule has 0 saturated heterocycles. The Hall–Kier alpha value is -3.65. The van der Waals surface area contributed by atoms with Crippen molar-refractivity contribution < 1.29 is 18.0 Å². The van der Waals surface area contributed by atoms with E-state index in [4.69, 9.17) is 0 Å². The van der Waals surface area contributed by atoms with E-state index in [1.807, 2.05) is 86.6 Å². The molecular weight excluding hydrogens is 522 g/mol. The fourth-order valence-electron chi connectivity index (χ4n) is 4.46. The predicted octanol–water partition coefficient (Wildman–Crippen LogP) is 4.91. The minimum absolute atomic E-state index is 0.106. The Morgan fingerprint density at radius 1 is 0.825 bits per heavy atom. The quantitative estimate of drug-likeness (QED) is 0.359. The van der Waals surface area contributed by atoms with Crippen LogP contribution in [0.3, 0.4) is 0 Å². The molecule has 1 N–H and O–H groups in total. The molecule has 0 heterocycles. The molecule has 0 fully saturated rings. The number of carbonyl (C=O) groups excluding carboxylic acids is 2. The van der Waals surface area contributed by atoms with Crippen molar-refractivity contribution in [3.05, 3.63) is 102 Å². The summed E-state index contributed by atoms with van der Waals surface area (Å²) in [6, 6.07) is 25.2. The predicted molar refractivity (Wildman–Crippen MR) is 162 cm³/mol. The number of hydrogen-bond acceptors (Lipinski definition) is 4. The van der Waals surface area contributed by atoms with Crippen LogP contribution in [0, 0.1) is 0 Å². The van der Waals surface area contributed by atoms with Crippen LogP contribution in [-0.4, -0.2) is 50.0 Å². The van der Waals surface area contributed by atoms with Gasteiger partial charge in [-0.05, 0) is 48.1 Å². The van der Waals surface area contributed by atoms with Crippen LogP contribution >= 0.6 is 0 Å². The molecule has 0 aliphatic rings. The zero-order valence-electron chi connectivity index (χ0n) is 24.3. The Morgan fingerprint density at radius 3 is 1.82 bits per heavy atom. The molecule has 0 aromatic heterocycles. The number of rotatable bonds is 11. The molecule has 214 valence electrons. The Balaban J connectivity index is 2.03. The summed E-state index contributed by atoms with van der Waals surface area (Å²) in [6.07, 6.45) is 1.38. The number of nitrogens with one attached hydrogen (secondary N) is 1. The molecule has 0 saturated carbocycles. The van der Waals surface area contributed by atoms with Crippen LogP contribution in [0.1, 0.15) is 51.3 Å². The van der Waals surface area contributed by atoms with Crippen LogP contribution < -0.4 is 9.62 Å². The van der Waals surface area contributed by atoms with Gasteiger partial charge >= 0.3 is 0 Å². The van der Waals surface area contributed by atoms with Gasteiger partial charge in [0.15, 0.2) is 0 Å². The molecule has 3 rings (SSSR count). The maximum absolute atomic E-state index is 14.1. The summed E-state index contributed by atoms with van der Waals surface area (Å²) in [7, 11) is -3.81. The van der Waals surface area contributed by atoms with Gasteiger partial charge in [0, 0.05) is 19.0 Å². The summed E-state index contributed by atoms with van der Waals surface area (Å²) in [6.45, 7) is 9.70. The van der Waals surface area contributed by atoms with E-state index in [2.05, 4.69) is 26.1 Å². The summed E-state index contributed by atoms with van der Waals surface area (Å²) in [5, 5.41) is 2.96. The highest BCUT2D eigenvalue weighted by Crippen LogP contribution is 2.26. The molecule has 3 aromatic carbocycles. The van der Waals surface area contributed by atoms with Crippen LogP contribution in [-0.2, 0) is 38.0 Å². The van der Waals surface area contributed by atoms with Crippen LogP contribution in [0.25, 0.3) is 0 Å². The number of nitrogens with zero attached hydrogens (tertiary/aromatic N) is 2. The van der Waals surface area contributed by atoms with Gasteiger partial charge in [-0.1, -0.05) is 93.6 Å². The number of anilines is 1. The average molecular weight is 564 g/mol. The first kappa shape index (κ1) is 30.9. The lowest BCUT2D eigenvalue weighted by molar-refractivity contribution is -0.140. The number of hydrogen-bond donors (Lipinski definition) is 1. The first-order valence-electron chi connectivity index (χ1n) is 13.5. The molecule has 0 unspecified atom stereocenters. The van der Waals surface area contributed by atoms with Crippen molar-refractivity contribution in [1.82, 2.24) is 10.2 Å². The van der Waals surface area contributed by atoms with Gasteiger partial charge < -0.3 is 10.2 Å². The lowest BCUT2D eigenvalue weighted by Gasteiger charge is -2.34. The maximum Gasteiger partial charge on any atom is 0.244 e. The van der Waals surface area contributed by atoms with E-state index in [1.54, 1.807) is 12.1 Å². The van der Waals surface area contributed by atoms with Gasteiger partial charge in [0.1, 0.15) is 12.6 Å². The normalized spacial score (nSPS) is 12.6. The van der Waals surface area contributed by atoms with Crippen molar-refractivity contribution in [1.29, 1.82) is 0 Å². The van der Waals surface area contributed by atoms with E-state index in [9.17, 15) is 18.0 Å². The van der Waals surface area contributed by atoms with E-state index in [-0.39, 0.29) is 30.3 Å². The average Bonchev–Trinajstić information content (AvgIpc) is 2.89. The molecule has 0 aliphatic heterocycles. The van der Waals surface area contributed by atoms with E-state index < -0.39 is 28.5 Å². The Bertz CT molecular complexity index is 1370. The summed E-state index contributed by atoms with van der Waals surface area (Å²) >= 11 is 0. The van der Waals surface area contributed by atoms with Crippen LogP contribution in [0.4, 0.5) is 5.69 Å². The lowest BCUT2D eigenvalue weighted by Crippen LogP contribution is -2.54. The lowest BCUT2D eigenvalue weighted by atomic mass is 9.87. The van der Waals surface area contributed by atoms with Gasteiger partial charge in [0.2, 0.25) is 21.8 Å². The number of amides is 2. The summed E-state index contributed by atoms with van der Waals surface area (Å²) in [4.78, 5) is 29.1. The molecule has 8 heteroatoms. The van der Waals surface area contributed by atoms with Crippen molar-refractivity contribution in [2.75, 3.05) is 17.1 Å².